The Labute approximate surface area is 298 Å². The van der Waals surface area contributed by atoms with E-state index in [9.17, 15) is 5.11 Å². The van der Waals surface area contributed by atoms with Gasteiger partial charge < -0.3 is 20.9 Å². The highest BCUT2D eigenvalue weighted by molar-refractivity contribution is 5.88. The second kappa shape index (κ2) is 17.2. The Morgan fingerprint density at radius 2 is 1.84 bits per heavy atom. The summed E-state index contributed by atoms with van der Waals surface area (Å²) in [7, 11) is 0. The molecule has 2 aliphatic rings. The highest BCUT2D eigenvalue weighted by Crippen LogP contribution is 2.51. The third-order valence-corrected chi connectivity index (χ3v) is 9.35. The third kappa shape index (κ3) is 7.83. The molecule has 0 saturated carbocycles. The maximum absolute atomic E-state index is 12.6. The number of aliphatic hydroxyl groups is 1. The molecule has 5 rings (SSSR count). The van der Waals surface area contributed by atoms with Crippen molar-refractivity contribution in [3.8, 4) is 22.3 Å². The molecule has 2 unspecified atom stereocenters. The zero-order valence-corrected chi connectivity index (χ0v) is 29.0. The van der Waals surface area contributed by atoms with Gasteiger partial charge in [-0.1, -0.05) is 116 Å². The van der Waals surface area contributed by atoms with Crippen LogP contribution in [0, 0.1) is 0 Å². The molecular weight excluding hydrogens is 613 g/mol. The van der Waals surface area contributed by atoms with Crippen LogP contribution in [0.3, 0.4) is 0 Å². The maximum atomic E-state index is 12.6. The minimum absolute atomic E-state index is 0.446. The third-order valence-electron chi connectivity index (χ3n) is 9.35. The Morgan fingerprint density at radius 1 is 1.00 bits per heavy atom. The lowest BCUT2D eigenvalue weighted by Gasteiger charge is -2.44. The van der Waals surface area contributed by atoms with Gasteiger partial charge >= 0.3 is 0 Å². The molecule has 0 aromatic heterocycles. The summed E-state index contributed by atoms with van der Waals surface area (Å²) in [5.41, 5.74) is 16.3. The summed E-state index contributed by atoms with van der Waals surface area (Å²) in [4.78, 5) is 0. The molecule has 0 saturated heterocycles. The van der Waals surface area contributed by atoms with E-state index in [1.807, 2.05) is 54.8 Å². The molecular formula is C46H48N2O2. The van der Waals surface area contributed by atoms with Crippen molar-refractivity contribution >= 4 is 17.8 Å². The Kier molecular flexibility index (Phi) is 12.3. The fourth-order valence-electron chi connectivity index (χ4n) is 6.91. The van der Waals surface area contributed by atoms with Crippen LogP contribution >= 0.6 is 0 Å². The number of rotatable bonds is 9. The number of ether oxygens (including phenoxy) is 1. The Bertz CT molecular complexity index is 1930. The van der Waals surface area contributed by atoms with Crippen LogP contribution in [0.5, 0.6) is 0 Å². The van der Waals surface area contributed by atoms with E-state index in [1.165, 1.54) is 0 Å². The van der Waals surface area contributed by atoms with Crippen molar-refractivity contribution in [3.63, 3.8) is 0 Å². The van der Waals surface area contributed by atoms with Gasteiger partial charge in [-0.2, -0.15) is 0 Å². The summed E-state index contributed by atoms with van der Waals surface area (Å²) in [6.07, 6.45) is 29.7. The standard InChI is InChI=1S/C46H48N2O2/c1-5-7-9-10-20-36-21-11-12-23-40(36)42-33-37(25-27-43(42)47)41-24-17-22-38-32-39(48-29-8-6-2)26-28-44(49)46(45(38)41)34(3)18-13-15-30-50-31-16-14-19-35(46)4/h5-6,8,10-25,27,29-30,32-33,44,48-49H,1-3,7,9,26,28,31,47H2,4H3/b16-14-,18-13-,20-10-,29-8-,30-15-,35-19+,39-32+. The van der Waals surface area contributed by atoms with E-state index in [-0.39, 0.29) is 0 Å². The molecule has 1 spiro atoms. The van der Waals surface area contributed by atoms with Crippen molar-refractivity contribution in [1.82, 2.24) is 5.32 Å². The zero-order chi connectivity index (χ0) is 35.3. The molecule has 1 heterocycles. The fourth-order valence-corrected chi connectivity index (χ4v) is 6.91. The molecule has 4 N–H and O–H groups in total. The van der Waals surface area contributed by atoms with Crippen LogP contribution in [0.4, 0.5) is 5.69 Å². The van der Waals surface area contributed by atoms with Crippen LogP contribution in [0.15, 0.2) is 170 Å². The topological polar surface area (TPSA) is 67.5 Å². The lowest BCUT2D eigenvalue weighted by molar-refractivity contribution is 0.110. The van der Waals surface area contributed by atoms with Gasteiger partial charge in [0.1, 0.15) is 6.61 Å². The number of benzene rings is 3. The van der Waals surface area contributed by atoms with E-state index in [2.05, 4.69) is 111 Å². The largest absolute Gasteiger partial charge is 0.497 e. The Hall–Kier alpha value is -5.58. The van der Waals surface area contributed by atoms with Crippen LogP contribution in [-0.4, -0.2) is 17.8 Å². The van der Waals surface area contributed by atoms with Crippen molar-refractivity contribution in [2.45, 2.75) is 44.1 Å². The monoisotopic (exact) mass is 660 g/mol. The summed E-state index contributed by atoms with van der Waals surface area (Å²) < 4.78 is 5.58. The molecule has 1 aliphatic heterocycles. The number of nitrogen functional groups attached to an aromatic ring is 1. The lowest BCUT2D eigenvalue weighted by atomic mass is 9.61. The molecule has 254 valence electrons. The van der Waals surface area contributed by atoms with Crippen molar-refractivity contribution < 1.29 is 9.84 Å². The number of aliphatic hydroxyl groups excluding tert-OH is 1. The first kappa shape index (κ1) is 35.7. The van der Waals surface area contributed by atoms with Crippen LogP contribution in [-0.2, 0) is 10.2 Å². The minimum Gasteiger partial charge on any atom is -0.497 e. The number of allylic oxidation sites excluding steroid dienone is 10. The van der Waals surface area contributed by atoms with Gasteiger partial charge in [-0.25, -0.2) is 0 Å². The average Bonchev–Trinajstić information content (AvgIpc) is 3.11. The molecule has 1 aliphatic carbocycles. The first-order chi connectivity index (χ1) is 24.4. The predicted octanol–water partition coefficient (Wildman–Crippen LogP) is 10.8. The van der Waals surface area contributed by atoms with E-state index in [1.54, 1.807) is 12.3 Å². The number of hydrogen-bond donors (Lipinski definition) is 3. The van der Waals surface area contributed by atoms with Gasteiger partial charge in [0.25, 0.3) is 0 Å². The van der Waals surface area contributed by atoms with Crippen LogP contribution in [0.25, 0.3) is 34.4 Å². The summed E-state index contributed by atoms with van der Waals surface area (Å²) >= 11 is 0. The molecule has 2 atom stereocenters. The van der Waals surface area contributed by atoms with Crippen LogP contribution in [0.2, 0.25) is 0 Å². The average molecular weight is 661 g/mol. The smallest absolute Gasteiger partial charge is 0.106 e. The van der Waals surface area contributed by atoms with Gasteiger partial charge in [0, 0.05) is 23.1 Å². The summed E-state index contributed by atoms with van der Waals surface area (Å²) in [6, 6.07) is 21.0. The molecule has 3 aromatic carbocycles. The van der Waals surface area contributed by atoms with Gasteiger partial charge in [0.15, 0.2) is 0 Å². The molecule has 0 amide bonds. The first-order valence-corrected chi connectivity index (χ1v) is 17.2. The Morgan fingerprint density at radius 3 is 2.68 bits per heavy atom. The molecule has 4 heteroatoms. The fraction of sp³-hybridized carbons (Fsp3) is 0.174. The second-order valence-electron chi connectivity index (χ2n) is 12.5. The van der Waals surface area contributed by atoms with Crippen molar-refractivity contribution in [1.29, 1.82) is 0 Å². The van der Waals surface area contributed by atoms with Gasteiger partial charge in [-0.05, 0) is 108 Å². The number of nitrogens with one attached hydrogen (secondary N) is 1. The van der Waals surface area contributed by atoms with Crippen molar-refractivity contribution in [3.05, 3.63) is 187 Å². The molecule has 0 radical (unpaired) electrons. The summed E-state index contributed by atoms with van der Waals surface area (Å²) in [5.74, 6) is 0. The first-order valence-electron chi connectivity index (χ1n) is 17.2. The zero-order valence-electron chi connectivity index (χ0n) is 29.0. The highest BCUT2D eigenvalue weighted by Gasteiger charge is 2.46. The van der Waals surface area contributed by atoms with Gasteiger partial charge in [-0.3, -0.25) is 0 Å². The number of hydrogen-bond acceptors (Lipinski definition) is 4. The molecule has 50 heavy (non-hydrogen) atoms. The molecule has 4 nitrogen and oxygen atoms in total. The maximum Gasteiger partial charge on any atom is 0.106 e. The van der Waals surface area contributed by atoms with Gasteiger partial charge in [0.2, 0.25) is 0 Å². The number of fused-ring (bicyclic) bond motifs is 2. The van der Waals surface area contributed by atoms with Crippen molar-refractivity contribution in [2.24, 2.45) is 0 Å². The highest BCUT2D eigenvalue weighted by atomic mass is 16.5. The normalized spacial score (nSPS) is 23.5. The number of unbranched alkanes of at least 4 members (excludes halogenated alkanes) is 1. The van der Waals surface area contributed by atoms with Gasteiger partial charge in [-0.15, -0.1) is 6.58 Å². The number of anilines is 1. The SMILES string of the molecule is C=C/C=C\N/C1=C/c2cccc(-c3ccc(N)c(-c4ccccc4/C=C\CCC=C)c3)c2C2(C(=C)/C=C\C=C/OC/C=C\C=C\2C)C(O)CC1. The minimum atomic E-state index is -0.951. The van der Waals surface area contributed by atoms with Crippen molar-refractivity contribution in [2.75, 3.05) is 12.3 Å². The molecule has 0 fully saturated rings. The Balaban J connectivity index is 1.81. The van der Waals surface area contributed by atoms with Crippen LogP contribution < -0.4 is 11.1 Å². The van der Waals surface area contributed by atoms with E-state index in [0.717, 1.165) is 68.6 Å². The predicted molar refractivity (Wildman–Crippen MR) is 214 cm³/mol. The molecule has 0 bridgehead atoms. The van der Waals surface area contributed by atoms with E-state index in [0.29, 0.717) is 25.1 Å². The molecule has 3 aromatic rings. The van der Waals surface area contributed by atoms with E-state index >= 15 is 0 Å². The summed E-state index contributed by atoms with van der Waals surface area (Å²) in [6.45, 7) is 14.9. The summed E-state index contributed by atoms with van der Waals surface area (Å²) in [5, 5.41) is 16.0. The second-order valence-corrected chi connectivity index (χ2v) is 12.5. The number of nitrogens with two attached hydrogens (primary N) is 1. The van der Waals surface area contributed by atoms with Crippen LogP contribution in [0.1, 0.15) is 49.3 Å². The van der Waals surface area contributed by atoms with E-state index in [4.69, 9.17) is 10.5 Å². The lowest BCUT2D eigenvalue weighted by Crippen LogP contribution is -2.44. The van der Waals surface area contributed by atoms with E-state index < -0.39 is 11.5 Å². The quantitative estimate of drug-likeness (QED) is 0.0925. The van der Waals surface area contributed by atoms with Gasteiger partial charge in [0.05, 0.1) is 17.8 Å².